The van der Waals surface area contributed by atoms with Crippen molar-refractivity contribution in [1.82, 2.24) is 9.80 Å². The van der Waals surface area contributed by atoms with Crippen LogP contribution in [0.3, 0.4) is 0 Å². The van der Waals surface area contributed by atoms with Crippen molar-refractivity contribution in [3.05, 3.63) is 46.4 Å². The standard InChI is InChI=1S/C16H17BrN2O/c1-18-8-10-19(11-9-18)16(20)14-6-2-5-13-12(14)4-3-7-15(13)17/h2-7H,8-11H2,1H3. The molecule has 20 heavy (non-hydrogen) atoms. The van der Waals surface area contributed by atoms with E-state index in [1.54, 1.807) is 0 Å². The van der Waals surface area contributed by atoms with Crippen LogP contribution in [-0.2, 0) is 0 Å². The molecule has 0 aromatic heterocycles. The lowest BCUT2D eigenvalue weighted by atomic mass is 10.0. The summed E-state index contributed by atoms with van der Waals surface area (Å²) in [6.07, 6.45) is 0. The molecular formula is C16H17BrN2O. The molecule has 0 saturated carbocycles. The van der Waals surface area contributed by atoms with Gasteiger partial charge in [0.2, 0.25) is 0 Å². The third-order valence-electron chi connectivity index (χ3n) is 3.89. The summed E-state index contributed by atoms with van der Waals surface area (Å²) in [5, 5.41) is 2.11. The number of likely N-dealkylation sites (N-methyl/N-ethyl adjacent to an activating group) is 1. The average Bonchev–Trinajstić information content (AvgIpc) is 2.47. The zero-order chi connectivity index (χ0) is 14.1. The van der Waals surface area contributed by atoms with E-state index >= 15 is 0 Å². The van der Waals surface area contributed by atoms with Gasteiger partial charge in [-0.2, -0.15) is 0 Å². The minimum absolute atomic E-state index is 0.141. The molecule has 1 saturated heterocycles. The second kappa shape index (κ2) is 5.54. The molecule has 1 aliphatic rings. The SMILES string of the molecule is CN1CCN(C(=O)c2cccc3c(Br)cccc23)CC1. The van der Waals surface area contributed by atoms with Gasteiger partial charge in [0.25, 0.3) is 5.91 Å². The maximum absolute atomic E-state index is 12.7. The summed E-state index contributed by atoms with van der Waals surface area (Å²) < 4.78 is 1.03. The van der Waals surface area contributed by atoms with Crippen LogP contribution in [0.25, 0.3) is 10.8 Å². The summed E-state index contributed by atoms with van der Waals surface area (Å²) in [6, 6.07) is 11.9. The van der Waals surface area contributed by atoms with Crippen LogP contribution < -0.4 is 0 Å². The number of halogens is 1. The number of hydrogen-bond donors (Lipinski definition) is 0. The van der Waals surface area contributed by atoms with E-state index in [2.05, 4.69) is 27.9 Å². The van der Waals surface area contributed by atoms with E-state index in [1.807, 2.05) is 41.3 Å². The Morgan fingerprint density at radius 3 is 2.40 bits per heavy atom. The van der Waals surface area contributed by atoms with Gasteiger partial charge in [-0.15, -0.1) is 0 Å². The van der Waals surface area contributed by atoms with E-state index in [9.17, 15) is 4.79 Å². The Balaban J connectivity index is 1.98. The Morgan fingerprint density at radius 2 is 1.65 bits per heavy atom. The average molecular weight is 333 g/mol. The fourth-order valence-electron chi connectivity index (χ4n) is 2.64. The van der Waals surface area contributed by atoms with Crippen molar-refractivity contribution in [2.24, 2.45) is 0 Å². The topological polar surface area (TPSA) is 23.6 Å². The first-order valence-corrected chi connectivity index (χ1v) is 7.61. The highest BCUT2D eigenvalue weighted by molar-refractivity contribution is 9.10. The van der Waals surface area contributed by atoms with Gasteiger partial charge >= 0.3 is 0 Å². The van der Waals surface area contributed by atoms with Crippen molar-refractivity contribution < 1.29 is 4.79 Å². The van der Waals surface area contributed by atoms with Crippen molar-refractivity contribution >= 4 is 32.6 Å². The summed E-state index contributed by atoms with van der Waals surface area (Å²) in [5.74, 6) is 0.141. The Morgan fingerprint density at radius 1 is 1.00 bits per heavy atom. The molecule has 104 valence electrons. The predicted molar refractivity (Wildman–Crippen MR) is 85.0 cm³/mol. The van der Waals surface area contributed by atoms with Gasteiger partial charge in [-0.3, -0.25) is 4.79 Å². The zero-order valence-electron chi connectivity index (χ0n) is 11.5. The number of benzene rings is 2. The van der Waals surface area contributed by atoms with Gasteiger partial charge in [0.1, 0.15) is 0 Å². The largest absolute Gasteiger partial charge is 0.336 e. The Hall–Kier alpha value is -1.39. The smallest absolute Gasteiger partial charge is 0.254 e. The molecule has 3 rings (SSSR count). The minimum atomic E-state index is 0.141. The second-order valence-corrected chi connectivity index (χ2v) is 6.09. The molecule has 0 unspecified atom stereocenters. The highest BCUT2D eigenvalue weighted by Gasteiger charge is 2.21. The first-order chi connectivity index (χ1) is 9.66. The van der Waals surface area contributed by atoms with E-state index in [4.69, 9.17) is 0 Å². The summed E-state index contributed by atoms with van der Waals surface area (Å²) in [5.41, 5.74) is 0.799. The third-order valence-corrected chi connectivity index (χ3v) is 4.58. The van der Waals surface area contributed by atoms with E-state index < -0.39 is 0 Å². The molecule has 1 aliphatic heterocycles. The van der Waals surface area contributed by atoms with Gasteiger partial charge < -0.3 is 9.80 Å². The fraction of sp³-hybridized carbons (Fsp3) is 0.312. The predicted octanol–water partition coefficient (Wildman–Crippen LogP) is 2.99. The molecule has 0 spiro atoms. The molecule has 2 aromatic carbocycles. The van der Waals surface area contributed by atoms with Crippen molar-refractivity contribution in [2.45, 2.75) is 0 Å². The normalized spacial score (nSPS) is 16.6. The van der Waals surface area contributed by atoms with Gasteiger partial charge in [0, 0.05) is 36.2 Å². The molecule has 0 atom stereocenters. The number of hydrogen-bond acceptors (Lipinski definition) is 2. The van der Waals surface area contributed by atoms with Crippen LogP contribution in [0, 0.1) is 0 Å². The second-order valence-electron chi connectivity index (χ2n) is 5.24. The van der Waals surface area contributed by atoms with Gasteiger partial charge in [0.15, 0.2) is 0 Å². The molecule has 2 aromatic rings. The van der Waals surface area contributed by atoms with Crippen molar-refractivity contribution in [2.75, 3.05) is 33.2 Å². The van der Waals surface area contributed by atoms with Gasteiger partial charge in [-0.1, -0.05) is 40.2 Å². The minimum Gasteiger partial charge on any atom is -0.336 e. The number of rotatable bonds is 1. The molecule has 0 bridgehead atoms. The molecule has 3 nitrogen and oxygen atoms in total. The van der Waals surface area contributed by atoms with E-state index in [0.717, 1.165) is 47.0 Å². The molecule has 0 radical (unpaired) electrons. The lowest BCUT2D eigenvalue weighted by molar-refractivity contribution is 0.0666. The first kappa shape index (κ1) is 13.6. The molecule has 1 heterocycles. The van der Waals surface area contributed by atoms with Crippen LogP contribution in [0.15, 0.2) is 40.9 Å². The van der Waals surface area contributed by atoms with Crippen LogP contribution in [-0.4, -0.2) is 48.9 Å². The molecule has 0 N–H and O–H groups in total. The van der Waals surface area contributed by atoms with Crippen LogP contribution >= 0.6 is 15.9 Å². The number of carbonyl (C=O) groups is 1. The van der Waals surface area contributed by atoms with E-state index in [1.165, 1.54) is 0 Å². The van der Waals surface area contributed by atoms with Gasteiger partial charge in [-0.25, -0.2) is 0 Å². The number of nitrogens with zero attached hydrogens (tertiary/aromatic N) is 2. The Labute approximate surface area is 127 Å². The maximum Gasteiger partial charge on any atom is 0.254 e. The Bertz CT molecular complexity index is 648. The molecular weight excluding hydrogens is 316 g/mol. The van der Waals surface area contributed by atoms with Crippen LogP contribution in [0.4, 0.5) is 0 Å². The van der Waals surface area contributed by atoms with Gasteiger partial charge in [0.05, 0.1) is 0 Å². The maximum atomic E-state index is 12.7. The highest BCUT2D eigenvalue weighted by atomic mass is 79.9. The first-order valence-electron chi connectivity index (χ1n) is 6.82. The van der Waals surface area contributed by atoms with Crippen LogP contribution in [0.5, 0.6) is 0 Å². The van der Waals surface area contributed by atoms with Crippen LogP contribution in [0.2, 0.25) is 0 Å². The summed E-state index contributed by atoms with van der Waals surface area (Å²) in [7, 11) is 2.09. The lowest BCUT2D eigenvalue weighted by Gasteiger charge is -2.32. The summed E-state index contributed by atoms with van der Waals surface area (Å²) in [6.45, 7) is 3.50. The molecule has 4 heteroatoms. The van der Waals surface area contributed by atoms with Crippen LogP contribution in [0.1, 0.15) is 10.4 Å². The number of fused-ring (bicyclic) bond motifs is 1. The van der Waals surface area contributed by atoms with Crippen molar-refractivity contribution in [3.8, 4) is 0 Å². The van der Waals surface area contributed by atoms with Crippen molar-refractivity contribution in [3.63, 3.8) is 0 Å². The third kappa shape index (κ3) is 2.45. The quantitative estimate of drug-likeness (QED) is 0.801. The molecule has 1 amide bonds. The zero-order valence-corrected chi connectivity index (χ0v) is 13.1. The summed E-state index contributed by atoms with van der Waals surface area (Å²) in [4.78, 5) is 16.9. The molecule has 1 fully saturated rings. The van der Waals surface area contributed by atoms with E-state index in [0.29, 0.717) is 0 Å². The number of piperazine rings is 1. The lowest BCUT2D eigenvalue weighted by Crippen LogP contribution is -2.47. The summed E-state index contributed by atoms with van der Waals surface area (Å²) >= 11 is 3.55. The number of carbonyl (C=O) groups excluding carboxylic acids is 1. The fourth-order valence-corrected chi connectivity index (χ4v) is 3.14. The highest BCUT2D eigenvalue weighted by Crippen LogP contribution is 2.27. The Kier molecular flexibility index (Phi) is 3.76. The molecule has 0 aliphatic carbocycles. The van der Waals surface area contributed by atoms with Gasteiger partial charge in [-0.05, 0) is 30.0 Å². The van der Waals surface area contributed by atoms with Crippen molar-refractivity contribution in [1.29, 1.82) is 0 Å². The number of amides is 1. The van der Waals surface area contributed by atoms with E-state index in [-0.39, 0.29) is 5.91 Å². The monoisotopic (exact) mass is 332 g/mol.